The van der Waals surface area contributed by atoms with Crippen molar-refractivity contribution in [2.75, 3.05) is 0 Å². The van der Waals surface area contributed by atoms with Crippen LogP contribution in [0.25, 0.3) is 12.2 Å². The second-order valence-electron chi connectivity index (χ2n) is 2.18. The largest absolute Gasteiger partial charge is 0.256 e. The molecule has 1 nitrogen and oxygen atoms in total. The molecule has 1 aromatic rings. The van der Waals surface area contributed by atoms with Crippen molar-refractivity contribution in [1.82, 2.24) is 4.98 Å². The summed E-state index contributed by atoms with van der Waals surface area (Å²) >= 11 is 0. The van der Waals surface area contributed by atoms with Crippen molar-refractivity contribution in [1.29, 1.82) is 0 Å². The smallest absolute Gasteiger partial charge is 0.0695 e. The molecule has 0 spiro atoms. The summed E-state index contributed by atoms with van der Waals surface area (Å²) in [5.41, 5.74) is 2.05. The summed E-state index contributed by atoms with van der Waals surface area (Å²) in [4.78, 5) is 4.15. The van der Waals surface area contributed by atoms with Crippen molar-refractivity contribution in [3.05, 3.63) is 42.2 Å². The van der Waals surface area contributed by atoms with Gasteiger partial charge in [-0.1, -0.05) is 24.8 Å². The molecule has 0 unspecified atom stereocenters. The fourth-order valence-electron chi connectivity index (χ4n) is 0.921. The van der Waals surface area contributed by atoms with E-state index < -0.39 is 0 Å². The van der Waals surface area contributed by atoms with E-state index in [9.17, 15) is 0 Å². The van der Waals surface area contributed by atoms with Gasteiger partial charge in [-0.2, -0.15) is 0 Å². The van der Waals surface area contributed by atoms with Crippen LogP contribution < -0.4 is 0 Å². The minimum absolute atomic E-state index is 0.936. The van der Waals surface area contributed by atoms with Gasteiger partial charge in [0.15, 0.2) is 0 Å². The molecular formula is C10H11N. The summed E-state index contributed by atoms with van der Waals surface area (Å²) in [6.07, 6.45) is 7.54. The molecule has 0 N–H and O–H groups in total. The summed E-state index contributed by atoms with van der Waals surface area (Å²) in [5, 5.41) is 0. The quantitative estimate of drug-likeness (QED) is 0.623. The lowest BCUT2D eigenvalue weighted by atomic mass is 10.2. The van der Waals surface area contributed by atoms with Gasteiger partial charge in [0.25, 0.3) is 0 Å². The van der Waals surface area contributed by atoms with E-state index in [1.807, 2.05) is 31.2 Å². The molecule has 0 bridgehead atoms. The third-order valence-corrected chi connectivity index (χ3v) is 1.41. The zero-order chi connectivity index (χ0) is 8.10. The molecule has 0 amide bonds. The van der Waals surface area contributed by atoms with Crippen molar-refractivity contribution in [3.63, 3.8) is 0 Å². The van der Waals surface area contributed by atoms with Crippen LogP contribution in [0, 0.1) is 0 Å². The fraction of sp³-hybridized carbons (Fsp3) is 0.100. The molecule has 0 aliphatic carbocycles. The third-order valence-electron chi connectivity index (χ3n) is 1.41. The molecule has 0 atom stereocenters. The molecule has 0 radical (unpaired) electrons. The average molecular weight is 145 g/mol. The first kappa shape index (κ1) is 7.73. The number of aromatic nitrogens is 1. The van der Waals surface area contributed by atoms with Crippen LogP contribution in [-0.2, 0) is 0 Å². The van der Waals surface area contributed by atoms with Crippen molar-refractivity contribution >= 4 is 12.2 Å². The molecule has 1 aromatic heterocycles. The van der Waals surface area contributed by atoms with Gasteiger partial charge in [0, 0.05) is 6.20 Å². The van der Waals surface area contributed by atoms with E-state index in [1.54, 1.807) is 12.3 Å². The molecule has 1 rings (SSSR count). The zero-order valence-corrected chi connectivity index (χ0v) is 6.62. The molecule has 0 aromatic carbocycles. The van der Waals surface area contributed by atoms with Gasteiger partial charge in [-0.15, -0.1) is 0 Å². The standard InChI is InChI=1S/C10H11N/c1-3-6-9-7-5-8-11-10(9)4-2/h3-8H,2H2,1H3/b6-3+. The van der Waals surface area contributed by atoms with Crippen LogP contribution in [0.2, 0.25) is 0 Å². The lowest BCUT2D eigenvalue weighted by Gasteiger charge is -1.96. The lowest BCUT2D eigenvalue weighted by Crippen LogP contribution is -1.83. The number of pyridine rings is 1. The number of hydrogen-bond donors (Lipinski definition) is 0. The summed E-state index contributed by atoms with van der Waals surface area (Å²) in [5.74, 6) is 0. The van der Waals surface area contributed by atoms with E-state index in [1.165, 1.54) is 0 Å². The first-order valence-electron chi connectivity index (χ1n) is 3.58. The Morgan fingerprint density at radius 1 is 1.55 bits per heavy atom. The topological polar surface area (TPSA) is 12.9 Å². The molecule has 0 saturated heterocycles. The van der Waals surface area contributed by atoms with Crippen LogP contribution in [0.3, 0.4) is 0 Å². The molecule has 1 heterocycles. The molecule has 11 heavy (non-hydrogen) atoms. The Hall–Kier alpha value is -1.37. The van der Waals surface area contributed by atoms with Crippen molar-refractivity contribution in [2.45, 2.75) is 6.92 Å². The average Bonchev–Trinajstić information content (AvgIpc) is 2.06. The van der Waals surface area contributed by atoms with Gasteiger partial charge < -0.3 is 0 Å². The maximum absolute atomic E-state index is 4.15. The molecule has 0 aliphatic heterocycles. The minimum Gasteiger partial charge on any atom is -0.256 e. The molecular weight excluding hydrogens is 134 g/mol. The van der Waals surface area contributed by atoms with Crippen LogP contribution >= 0.6 is 0 Å². The lowest BCUT2D eigenvalue weighted by molar-refractivity contribution is 1.28. The normalized spacial score (nSPS) is 10.3. The van der Waals surface area contributed by atoms with Crippen molar-refractivity contribution in [3.8, 4) is 0 Å². The molecule has 56 valence electrons. The number of rotatable bonds is 2. The van der Waals surface area contributed by atoms with Gasteiger partial charge in [0.05, 0.1) is 5.69 Å². The van der Waals surface area contributed by atoms with Crippen LogP contribution in [0.15, 0.2) is 31.0 Å². The molecule has 1 heteroatoms. The van der Waals surface area contributed by atoms with Gasteiger partial charge in [-0.3, -0.25) is 4.98 Å². The summed E-state index contributed by atoms with van der Waals surface area (Å²) in [7, 11) is 0. The highest BCUT2D eigenvalue weighted by molar-refractivity contribution is 5.60. The molecule has 0 fully saturated rings. The fourth-order valence-corrected chi connectivity index (χ4v) is 0.921. The van der Waals surface area contributed by atoms with Gasteiger partial charge in [0.2, 0.25) is 0 Å². The van der Waals surface area contributed by atoms with E-state index in [0.29, 0.717) is 0 Å². The van der Waals surface area contributed by atoms with Gasteiger partial charge >= 0.3 is 0 Å². The first-order valence-corrected chi connectivity index (χ1v) is 3.58. The first-order chi connectivity index (χ1) is 5.38. The van der Waals surface area contributed by atoms with Crippen LogP contribution in [-0.4, -0.2) is 4.98 Å². The van der Waals surface area contributed by atoms with Gasteiger partial charge in [0.1, 0.15) is 0 Å². The number of nitrogens with zero attached hydrogens (tertiary/aromatic N) is 1. The molecule has 0 aliphatic rings. The van der Waals surface area contributed by atoms with Gasteiger partial charge in [-0.25, -0.2) is 0 Å². The second kappa shape index (κ2) is 3.71. The Bertz CT molecular complexity index is 274. The van der Waals surface area contributed by atoms with Crippen molar-refractivity contribution < 1.29 is 0 Å². The Morgan fingerprint density at radius 2 is 2.36 bits per heavy atom. The predicted molar refractivity (Wildman–Crippen MR) is 49.0 cm³/mol. The maximum Gasteiger partial charge on any atom is 0.0695 e. The van der Waals surface area contributed by atoms with Crippen LogP contribution in [0.1, 0.15) is 18.2 Å². The SMILES string of the molecule is C=Cc1ncccc1/C=C/C. The van der Waals surface area contributed by atoms with Crippen LogP contribution in [0.4, 0.5) is 0 Å². The second-order valence-corrected chi connectivity index (χ2v) is 2.18. The Morgan fingerprint density at radius 3 is 3.00 bits per heavy atom. The summed E-state index contributed by atoms with van der Waals surface area (Å²) < 4.78 is 0. The Labute approximate surface area is 67.1 Å². The highest BCUT2D eigenvalue weighted by Gasteiger charge is 1.92. The van der Waals surface area contributed by atoms with E-state index in [-0.39, 0.29) is 0 Å². The minimum atomic E-state index is 0.936. The van der Waals surface area contributed by atoms with Crippen LogP contribution in [0.5, 0.6) is 0 Å². The predicted octanol–water partition coefficient (Wildman–Crippen LogP) is 2.76. The van der Waals surface area contributed by atoms with E-state index >= 15 is 0 Å². The zero-order valence-electron chi connectivity index (χ0n) is 6.62. The molecule has 0 saturated carbocycles. The third kappa shape index (κ3) is 1.77. The highest BCUT2D eigenvalue weighted by Crippen LogP contribution is 2.07. The van der Waals surface area contributed by atoms with E-state index in [2.05, 4.69) is 11.6 Å². The highest BCUT2D eigenvalue weighted by atomic mass is 14.7. The number of hydrogen-bond acceptors (Lipinski definition) is 1. The van der Waals surface area contributed by atoms with E-state index in [0.717, 1.165) is 11.3 Å². The monoisotopic (exact) mass is 145 g/mol. The van der Waals surface area contributed by atoms with Gasteiger partial charge in [-0.05, 0) is 24.6 Å². The Kier molecular flexibility index (Phi) is 2.61. The number of allylic oxidation sites excluding steroid dienone is 1. The summed E-state index contributed by atoms with van der Waals surface area (Å²) in [6.45, 7) is 5.66. The van der Waals surface area contributed by atoms with E-state index in [4.69, 9.17) is 0 Å². The Balaban J connectivity index is 3.11. The van der Waals surface area contributed by atoms with Crippen molar-refractivity contribution in [2.24, 2.45) is 0 Å². The summed E-state index contributed by atoms with van der Waals surface area (Å²) in [6, 6.07) is 3.94. The maximum atomic E-state index is 4.15.